The maximum atomic E-state index is 13.8. The Morgan fingerprint density at radius 3 is 2.32 bits per heavy atom. The van der Waals surface area contributed by atoms with E-state index in [1.165, 1.54) is 25.4 Å². The number of thioether (sulfide) groups is 1. The van der Waals surface area contributed by atoms with Gasteiger partial charge in [-0.1, -0.05) is 38.1 Å². The number of amides is 4. The molecule has 2 aromatic heterocycles. The zero-order chi connectivity index (χ0) is 40.9. The predicted octanol–water partition coefficient (Wildman–Crippen LogP) is 5.95. The summed E-state index contributed by atoms with van der Waals surface area (Å²) in [6.45, 7) is 6.51. The number of benzene rings is 2. The molecular weight excluding hydrogens is 766 g/mol. The molecule has 2 saturated heterocycles. The van der Waals surface area contributed by atoms with Crippen molar-refractivity contribution in [2.45, 2.75) is 44.0 Å². The van der Waals surface area contributed by atoms with Crippen molar-refractivity contribution >= 4 is 47.6 Å². The van der Waals surface area contributed by atoms with Crippen molar-refractivity contribution in [1.29, 1.82) is 0 Å². The van der Waals surface area contributed by atoms with Gasteiger partial charge in [-0.2, -0.15) is 11.8 Å². The molecule has 0 saturated carbocycles. The Morgan fingerprint density at radius 1 is 0.982 bits per heavy atom. The highest BCUT2D eigenvalue weighted by atomic mass is 32.2. The van der Waals surface area contributed by atoms with Crippen LogP contribution in [0, 0.1) is 5.92 Å². The van der Waals surface area contributed by atoms with E-state index in [2.05, 4.69) is 30.3 Å². The maximum absolute atomic E-state index is 13.8. The number of likely N-dealkylation sites (tertiary alicyclic amines) is 1. The zero-order valence-corrected chi connectivity index (χ0v) is 32.5. The summed E-state index contributed by atoms with van der Waals surface area (Å²) in [6.07, 6.45) is 0.807. The number of H-pyrrole nitrogens is 1. The van der Waals surface area contributed by atoms with Gasteiger partial charge in [0, 0.05) is 49.1 Å². The number of alkyl carbamates (subject to hydrolysis) is 1. The summed E-state index contributed by atoms with van der Waals surface area (Å²) in [5, 5.41) is 5.47. The van der Waals surface area contributed by atoms with E-state index >= 15 is 0 Å². The molecule has 0 spiro atoms. The van der Waals surface area contributed by atoms with Gasteiger partial charge in [-0.05, 0) is 60.1 Å². The number of carbonyl (C=O) groups is 4. The van der Waals surface area contributed by atoms with Crippen LogP contribution in [0.2, 0.25) is 0 Å². The minimum atomic E-state index is -5.03. The number of imidazole rings is 1. The van der Waals surface area contributed by atoms with Crippen LogP contribution in [0.15, 0.2) is 67.0 Å². The standard InChI is InChI=1S/C39H43F3N8O6S/c1-23(2)34(47-38(54)55-3)37(53)50-21-28(57-4)18-31(50)35-44-20-30(46-35)25-7-5-24(6-8-25)29-11-9-26(17-32(29)56-39(40,41)42)36(52)45-27-10-12-33(43-19-27)49-15-13-48(22-51)14-16-49/h5-12,17,19-20,22-23,28,31,34H,13-16,18,21H2,1-4H3,(H,44,46)(H,45,52)(H,47,54)/t28?,31?,34-/m0/s1. The van der Waals surface area contributed by atoms with Gasteiger partial charge in [-0.25, -0.2) is 14.8 Å². The number of aromatic nitrogens is 3. The van der Waals surface area contributed by atoms with Gasteiger partial charge in [0.2, 0.25) is 12.3 Å². The first-order chi connectivity index (χ1) is 27.3. The van der Waals surface area contributed by atoms with Crippen LogP contribution >= 0.6 is 11.8 Å². The van der Waals surface area contributed by atoms with Crippen LogP contribution in [0.3, 0.4) is 0 Å². The van der Waals surface area contributed by atoms with Crippen LogP contribution < -0.4 is 20.3 Å². The van der Waals surface area contributed by atoms with Crippen LogP contribution in [-0.4, -0.2) is 113 Å². The molecule has 0 bridgehead atoms. The second-order valence-corrected chi connectivity index (χ2v) is 15.1. The largest absolute Gasteiger partial charge is 0.573 e. The first-order valence-electron chi connectivity index (χ1n) is 18.2. The normalized spacial score (nSPS) is 17.6. The first-order valence-corrected chi connectivity index (χ1v) is 19.5. The number of piperazine rings is 1. The van der Waals surface area contributed by atoms with Gasteiger partial charge in [0.1, 0.15) is 23.4 Å². The van der Waals surface area contributed by atoms with Crippen LogP contribution in [0.5, 0.6) is 5.75 Å². The third-order valence-electron chi connectivity index (χ3n) is 9.95. The number of pyridine rings is 1. The van der Waals surface area contributed by atoms with Gasteiger partial charge < -0.3 is 39.8 Å². The predicted molar refractivity (Wildman–Crippen MR) is 209 cm³/mol. The van der Waals surface area contributed by atoms with E-state index in [0.717, 1.165) is 12.5 Å². The molecule has 6 rings (SSSR count). The third kappa shape index (κ3) is 9.79. The monoisotopic (exact) mass is 808 g/mol. The SMILES string of the molecule is COC(=O)N[C@H](C(=O)N1CC(SC)CC1c1ncc(-c2ccc(-c3ccc(C(=O)Nc4ccc(N5CCN(C=O)CC5)nc4)cc3OC(F)(F)F)cc2)[nH]1)C(C)C. The fourth-order valence-corrected chi connectivity index (χ4v) is 7.53. The van der Waals surface area contributed by atoms with E-state index in [-0.39, 0.29) is 34.2 Å². The molecule has 302 valence electrons. The molecule has 3 N–H and O–H groups in total. The number of nitrogens with zero attached hydrogens (tertiary/aromatic N) is 5. The average molecular weight is 809 g/mol. The summed E-state index contributed by atoms with van der Waals surface area (Å²) < 4.78 is 50.0. The highest BCUT2D eigenvalue weighted by Crippen LogP contribution is 2.39. The van der Waals surface area contributed by atoms with Gasteiger partial charge >= 0.3 is 12.5 Å². The van der Waals surface area contributed by atoms with Gasteiger partial charge in [0.25, 0.3) is 5.91 Å². The Bertz CT molecular complexity index is 2060. The fraction of sp³-hybridized carbons (Fsp3) is 0.385. The first kappa shape index (κ1) is 40.9. The number of halogens is 3. The molecule has 57 heavy (non-hydrogen) atoms. The Morgan fingerprint density at radius 2 is 1.70 bits per heavy atom. The number of hydrogen-bond donors (Lipinski definition) is 3. The smallest absolute Gasteiger partial charge is 0.453 e. The number of methoxy groups -OCH3 is 1. The Hall–Kier alpha value is -5.78. The average Bonchev–Trinajstić information content (AvgIpc) is 3.87. The molecule has 14 nitrogen and oxygen atoms in total. The van der Waals surface area contributed by atoms with E-state index in [4.69, 9.17) is 4.74 Å². The lowest BCUT2D eigenvalue weighted by atomic mass is 10.00. The zero-order valence-electron chi connectivity index (χ0n) is 31.7. The van der Waals surface area contributed by atoms with Crippen molar-refractivity contribution in [3.8, 4) is 28.1 Å². The van der Waals surface area contributed by atoms with Crippen LogP contribution in [0.25, 0.3) is 22.4 Å². The maximum Gasteiger partial charge on any atom is 0.573 e. The summed E-state index contributed by atoms with van der Waals surface area (Å²) in [7, 11) is 1.24. The van der Waals surface area contributed by atoms with Gasteiger partial charge in [0.05, 0.1) is 36.9 Å². The van der Waals surface area contributed by atoms with E-state index in [1.807, 2.05) is 25.0 Å². The molecule has 4 heterocycles. The highest BCUT2D eigenvalue weighted by Gasteiger charge is 2.41. The molecule has 3 atom stereocenters. The van der Waals surface area contributed by atoms with Crippen LogP contribution in [0.4, 0.5) is 29.5 Å². The number of nitrogens with one attached hydrogen (secondary N) is 3. The summed E-state index contributed by atoms with van der Waals surface area (Å²) >= 11 is 1.64. The number of aromatic amines is 1. The number of anilines is 2. The molecule has 4 amide bonds. The van der Waals surface area contributed by atoms with Gasteiger partial charge in [-0.15, -0.1) is 13.2 Å². The molecule has 2 fully saturated rings. The van der Waals surface area contributed by atoms with Crippen molar-refractivity contribution in [3.63, 3.8) is 0 Å². The summed E-state index contributed by atoms with van der Waals surface area (Å²) in [4.78, 5) is 67.7. The van der Waals surface area contributed by atoms with Crippen LogP contribution in [-0.2, 0) is 14.3 Å². The summed E-state index contributed by atoms with van der Waals surface area (Å²) in [5.74, 6) is -0.407. The van der Waals surface area contributed by atoms with Crippen molar-refractivity contribution in [3.05, 3.63) is 78.4 Å². The summed E-state index contributed by atoms with van der Waals surface area (Å²) in [6, 6.07) is 12.8. The lowest BCUT2D eigenvalue weighted by molar-refractivity contribution is -0.274. The second-order valence-electron chi connectivity index (χ2n) is 14.0. The molecule has 4 aromatic rings. The van der Waals surface area contributed by atoms with E-state index in [0.29, 0.717) is 73.3 Å². The lowest BCUT2D eigenvalue weighted by Gasteiger charge is -2.33. The van der Waals surface area contributed by atoms with Crippen molar-refractivity contribution in [1.82, 2.24) is 30.1 Å². The molecule has 0 aliphatic carbocycles. The topological polar surface area (TPSA) is 162 Å². The van der Waals surface area contributed by atoms with Crippen molar-refractivity contribution < 1.29 is 41.8 Å². The van der Waals surface area contributed by atoms with Crippen molar-refractivity contribution in [2.24, 2.45) is 5.92 Å². The minimum Gasteiger partial charge on any atom is -0.453 e. The molecule has 2 aliphatic rings. The Kier molecular flexibility index (Phi) is 12.6. The highest BCUT2D eigenvalue weighted by molar-refractivity contribution is 7.99. The molecular formula is C39H43F3N8O6S. The fourth-order valence-electron chi connectivity index (χ4n) is 6.85. The minimum absolute atomic E-state index is 0.0578. The van der Waals surface area contributed by atoms with Gasteiger partial charge in [0.15, 0.2) is 0 Å². The number of carbonyl (C=O) groups excluding carboxylic acids is 4. The van der Waals surface area contributed by atoms with E-state index < -0.39 is 30.2 Å². The van der Waals surface area contributed by atoms with E-state index in [9.17, 15) is 32.3 Å². The molecule has 2 aliphatic heterocycles. The quantitative estimate of drug-likeness (QED) is 0.146. The van der Waals surface area contributed by atoms with E-state index in [1.54, 1.807) is 64.2 Å². The van der Waals surface area contributed by atoms with Gasteiger partial charge in [-0.3, -0.25) is 14.4 Å². The molecule has 0 radical (unpaired) electrons. The molecule has 2 aromatic carbocycles. The van der Waals surface area contributed by atoms with Crippen LogP contribution in [0.1, 0.15) is 42.5 Å². The Balaban J connectivity index is 1.17. The van der Waals surface area contributed by atoms with Crippen molar-refractivity contribution in [2.75, 3.05) is 56.3 Å². The number of alkyl halides is 3. The summed E-state index contributed by atoms with van der Waals surface area (Å²) in [5.41, 5.74) is 2.14. The lowest BCUT2D eigenvalue weighted by Crippen LogP contribution is -2.51. The Labute approximate surface area is 331 Å². The number of ether oxygens (including phenoxy) is 2. The molecule has 2 unspecified atom stereocenters. The molecule has 18 heteroatoms. The third-order valence-corrected chi connectivity index (χ3v) is 11.0. The number of rotatable bonds is 12. The number of hydrogen-bond acceptors (Lipinski definition) is 10. The second kappa shape index (κ2) is 17.6.